The summed E-state index contributed by atoms with van der Waals surface area (Å²) in [6.45, 7) is 6.70. The minimum Gasteiger partial charge on any atom is -0.497 e. The first-order valence-electron chi connectivity index (χ1n) is 6.63. The smallest absolute Gasteiger partial charge is 0.119 e. The molecule has 0 aromatic heterocycles. The SMILES string of the molecule is CCCNCC(CC)Cc1cccc(OC)c1. The fourth-order valence-electron chi connectivity index (χ4n) is 1.98. The topological polar surface area (TPSA) is 21.3 Å². The van der Waals surface area contributed by atoms with E-state index < -0.39 is 0 Å². The minimum absolute atomic E-state index is 0.716. The zero-order chi connectivity index (χ0) is 12.5. The van der Waals surface area contributed by atoms with Crippen molar-refractivity contribution < 1.29 is 4.74 Å². The van der Waals surface area contributed by atoms with Gasteiger partial charge in [-0.15, -0.1) is 0 Å². The molecule has 1 N–H and O–H groups in total. The van der Waals surface area contributed by atoms with E-state index in [0.29, 0.717) is 5.92 Å². The maximum Gasteiger partial charge on any atom is 0.119 e. The molecular formula is C15H25NO. The van der Waals surface area contributed by atoms with E-state index in [-0.39, 0.29) is 0 Å². The summed E-state index contributed by atoms with van der Waals surface area (Å²) in [6, 6.07) is 8.40. The third-order valence-electron chi connectivity index (χ3n) is 3.10. The Kier molecular flexibility index (Phi) is 6.71. The molecule has 0 radical (unpaired) electrons. The average molecular weight is 235 g/mol. The maximum absolute atomic E-state index is 5.25. The predicted octanol–water partition coefficient (Wildman–Crippen LogP) is 3.26. The van der Waals surface area contributed by atoms with E-state index in [1.54, 1.807) is 7.11 Å². The van der Waals surface area contributed by atoms with E-state index in [1.165, 1.54) is 18.4 Å². The third-order valence-corrected chi connectivity index (χ3v) is 3.10. The van der Waals surface area contributed by atoms with E-state index in [1.807, 2.05) is 6.07 Å². The van der Waals surface area contributed by atoms with Gasteiger partial charge in [0.25, 0.3) is 0 Å². The van der Waals surface area contributed by atoms with Gasteiger partial charge >= 0.3 is 0 Å². The van der Waals surface area contributed by atoms with Crippen LogP contribution in [-0.2, 0) is 6.42 Å². The van der Waals surface area contributed by atoms with Crippen molar-refractivity contribution in [3.63, 3.8) is 0 Å². The van der Waals surface area contributed by atoms with Crippen LogP contribution in [0.1, 0.15) is 32.3 Å². The molecule has 0 aliphatic carbocycles. The van der Waals surface area contributed by atoms with Gasteiger partial charge in [0.15, 0.2) is 0 Å². The molecule has 2 heteroatoms. The lowest BCUT2D eigenvalue weighted by Crippen LogP contribution is -2.24. The van der Waals surface area contributed by atoms with Gasteiger partial charge in [0.2, 0.25) is 0 Å². The molecule has 0 heterocycles. The molecule has 1 rings (SSSR count). The number of hydrogen-bond acceptors (Lipinski definition) is 2. The van der Waals surface area contributed by atoms with E-state index >= 15 is 0 Å². The van der Waals surface area contributed by atoms with Crippen LogP contribution in [0.15, 0.2) is 24.3 Å². The number of methoxy groups -OCH3 is 1. The fraction of sp³-hybridized carbons (Fsp3) is 0.600. The zero-order valence-electron chi connectivity index (χ0n) is 11.3. The van der Waals surface area contributed by atoms with Crippen LogP contribution < -0.4 is 10.1 Å². The van der Waals surface area contributed by atoms with Crippen LogP contribution in [-0.4, -0.2) is 20.2 Å². The molecule has 1 unspecified atom stereocenters. The van der Waals surface area contributed by atoms with E-state index in [4.69, 9.17) is 4.74 Å². The van der Waals surface area contributed by atoms with Crippen molar-refractivity contribution in [1.82, 2.24) is 5.32 Å². The molecule has 0 saturated heterocycles. The highest BCUT2D eigenvalue weighted by molar-refractivity contribution is 5.28. The van der Waals surface area contributed by atoms with Crippen LogP contribution in [0.4, 0.5) is 0 Å². The molecule has 1 aromatic carbocycles. The monoisotopic (exact) mass is 235 g/mol. The van der Waals surface area contributed by atoms with Crippen molar-refractivity contribution in [1.29, 1.82) is 0 Å². The van der Waals surface area contributed by atoms with Crippen molar-refractivity contribution in [2.24, 2.45) is 5.92 Å². The molecule has 1 aromatic rings. The summed E-state index contributed by atoms with van der Waals surface area (Å²) >= 11 is 0. The Hall–Kier alpha value is -1.02. The molecule has 1 atom stereocenters. The van der Waals surface area contributed by atoms with E-state index in [2.05, 4.69) is 37.4 Å². The zero-order valence-corrected chi connectivity index (χ0v) is 11.3. The Morgan fingerprint density at radius 2 is 2.12 bits per heavy atom. The molecule has 0 fully saturated rings. The van der Waals surface area contributed by atoms with Gasteiger partial charge in [0, 0.05) is 0 Å². The van der Waals surface area contributed by atoms with Crippen LogP contribution in [0.3, 0.4) is 0 Å². The van der Waals surface area contributed by atoms with E-state index in [9.17, 15) is 0 Å². The Morgan fingerprint density at radius 1 is 1.29 bits per heavy atom. The first-order valence-corrected chi connectivity index (χ1v) is 6.63. The van der Waals surface area contributed by atoms with Crippen LogP contribution in [0.5, 0.6) is 5.75 Å². The highest BCUT2D eigenvalue weighted by atomic mass is 16.5. The van der Waals surface area contributed by atoms with Gasteiger partial charge in [-0.2, -0.15) is 0 Å². The summed E-state index contributed by atoms with van der Waals surface area (Å²) in [5.41, 5.74) is 1.37. The summed E-state index contributed by atoms with van der Waals surface area (Å²) in [4.78, 5) is 0. The summed E-state index contributed by atoms with van der Waals surface area (Å²) in [7, 11) is 1.72. The van der Waals surface area contributed by atoms with Gasteiger partial charge in [-0.25, -0.2) is 0 Å². The van der Waals surface area contributed by atoms with Crippen molar-refractivity contribution >= 4 is 0 Å². The summed E-state index contributed by atoms with van der Waals surface area (Å²) in [5, 5.41) is 3.50. The number of nitrogens with one attached hydrogen (secondary N) is 1. The minimum atomic E-state index is 0.716. The lowest BCUT2D eigenvalue weighted by Gasteiger charge is -2.16. The van der Waals surface area contributed by atoms with E-state index in [0.717, 1.165) is 25.3 Å². The molecule has 0 spiro atoms. The quantitative estimate of drug-likeness (QED) is 0.698. The van der Waals surface area contributed by atoms with Gasteiger partial charge in [-0.1, -0.05) is 32.4 Å². The summed E-state index contributed by atoms with van der Waals surface area (Å²) in [5.74, 6) is 1.67. The van der Waals surface area contributed by atoms with Crippen LogP contribution >= 0.6 is 0 Å². The number of ether oxygens (including phenoxy) is 1. The van der Waals surface area contributed by atoms with Crippen molar-refractivity contribution in [2.75, 3.05) is 20.2 Å². The van der Waals surface area contributed by atoms with Crippen molar-refractivity contribution in [2.45, 2.75) is 33.1 Å². The number of benzene rings is 1. The molecule has 0 saturated carbocycles. The second kappa shape index (κ2) is 8.13. The lowest BCUT2D eigenvalue weighted by molar-refractivity contribution is 0.412. The Morgan fingerprint density at radius 3 is 2.76 bits per heavy atom. The molecule has 17 heavy (non-hydrogen) atoms. The Labute approximate surface area is 105 Å². The molecule has 0 aliphatic rings. The van der Waals surface area contributed by atoms with Crippen LogP contribution in [0, 0.1) is 5.92 Å². The molecule has 0 aliphatic heterocycles. The molecule has 96 valence electrons. The van der Waals surface area contributed by atoms with Crippen LogP contribution in [0.2, 0.25) is 0 Å². The Bertz CT molecular complexity index is 312. The highest BCUT2D eigenvalue weighted by Crippen LogP contribution is 2.17. The summed E-state index contributed by atoms with van der Waals surface area (Å²) in [6.07, 6.45) is 3.55. The fourth-order valence-corrected chi connectivity index (χ4v) is 1.98. The third kappa shape index (κ3) is 5.22. The van der Waals surface area contributed by atoms with Gasteiger partial charge in [0.05, 0.1) is 7.11 Å². The predicted molar refractivity (Wildman–Crippen MR) is 73.6 cm³/mol. The van der Waals surface area contributed by atoms with Gasteiger partial charge in [-0.05, 0) is 49.5 Å². The molecular weight excluding hydrogens is 210 g/mol. The van der Waals surface area contributed by atoms with Gasteiger partial charge < -0.3 is 10.1 Å². The average Bonchev–Trinajstić information content (AvgIpc) is 2.38. The molecule has 0 bridgehead atoms. The number of rotatable bonds is 8. The molecule has 0 amide bonds. The second-order valence-corrected chi connectivity index (χ2v) is 4.53. The highest BCUT2D eigenvalue weighted by Gasteiger charge is 2.07. The first-order chi connectivity index (χ1) is 8.30. The van der Waals surface area contributed by atoms with Crippen molar-refractivity contribution in [3.05, 3.63) is 29.8 Å². The Balaban J connectivity index is 2.48. The maximum atomic E-state index is 5.25. The lowest BCUT2D eigenvalue weighted by atomic mass is 9.96. The first kappa shape index (κ1) is 14.0. The summed E-state index contributed by atoms with van der Waals surface area (Å²) < 4.78 is 5.25. The standard InChI is InChI=1S/C15H25NO/c1-4-9-16-12-13(5-2)10-14-7-6-8-15(11-14)17-3/h6-8,11,13,16H,4-5,9-10,12H2,1-3H3. The molecule has 2 nitrogen and oxygen atoms in total. The second-order valence-electron chi connectivity index (χ2n) is 4.53. The van der Waals surface area contributed by atoms with Gasteiger partial charge in [-0.3, -0.25) is 0 Å². The largest absolute Gasteiger partial charge is 0.497 e. The normalized spacial score (nSPS) is 12.4. The van der Waals surface area contributed by atoms with Gasteiger partial charge in [0.1, 0.15) is 5.75 Å². The van der Waals surface area contributed by atoms with Crippen LogP contribution in [0.25, 0.3) is 0 Å². The number of hydrogen-bond donors (Lipinski definition) is 1. The van der Waals surface area contributed by atoms with Crippen molar-refractivity contribution in [3.8, 4) is 5.75 Å².